The van der Waals surface area contributed by atoms with Crippen LogP contribution in [-0.2, 0) is 9.09 Å². The molecule has 0 aliphatic heterocycles. The van der Waals surface area contributed by atoms with Crippen LogP contribution in [0.15, 0.2) is 18.2 Å². The third-order valence-electron chi connectivity index (χ3n) is 1.72. The Morgan fingerprint density at radius 3 is 2.94 bits per heavy atom. The summed E-state index contributed by atoms with van der Waals surface area (Å²) in [6.45, 7) is -8.61. The standard InChI is InChI=1S/C11H15Cl2O3PS/c1-3-7-18-17(14,15-4-2)16-11-6-5-9(12)8-10(11)13/h5-6,8H,3-4,7H2,1-2H3/i2D3,4D2. The summed E-state index contributed by atoms with van der Waals surface area (Å²) in [5.41, 5.74) is 0. The van der Waals surface area contributed by atoms with Crippen molar-refractivity contribution in [3.05, 3.63) is 28.2 Å². The minimum absolute atomic E-state index is 0.0376. The zero-order chi connectivity index (χ0) is 17.9. The smallest absolute Gasteiger partial charge is 0.415 e. The van der Waals surface area contributed by atoms with Crippen LogP contribution in [0.25, 0.3) is 0 Å². The molecule has 0 fully saturated rings. The van der Waals surface area contributed by atoms with E-state index in [2.05, 4.69) is 0 Å². The Bertz CT molecular complexity index is 600. The molecule has 0 amide bonds. The number of hydrogen-bond acceptors (Lipinski definition) is 4. The molecule has 0 aliphatic rings. The molecule has 0 heterocycles. The molecule has 0 aromatic heterocycles. The zero-order valence-corrected chi connectivity index (χ0v) is 12.7. The predicted molar refractivity (Wildman–Crippen MR) is 79.1 cm³/mol. The van der Waals surface area contributed by atoms with Crippen LogP contribution in [0.5, 0.6) is 5.75 Å². The van der Waals surface area contributed by atoms with E-state index in [0.717, 1.165) is 0 Å². The molecule has 0 aliphatic carbocycles. The van der Waals surface area contributed by atoms with Crippen molar-refractivity contribution in [2.45, 2.75) is 20.2 Å². The Balaban J connectivity index is 3.09. The molecule has 3 nitrogen and oxygen atoms in total. The quantitative estimate of drug-likeness (QED) is 0.603. The highest BCUT2D eigenvalue weighted by Gasteiger charge is 2.27. The van der Waals surface area contributed by atoms with Gasteiger partial charge in [0.2, 0.25) is 0 Å². The third-order valence-corrected chi connectivity index (χ3v) is 5.83. The van der Waals surface area contributed by atoms with Crippen molar-refractivity contribution in [2.24, 2.45) is 0 Å². The first-order valence-corrected chi connectivity index (χ1v) is 8.89. The average molecular weight is 334 g/mol. The molecule has 1 rings (SSSR count). The van der Waals surface area contributed by atoms with Gasteiger partial charge in [-0.1, -0.05) is 30.1 Å². The maximum atomic E-state index is 12.8. The number of benzene rings is 1. The van der Waals surface area contributed by atoms with Crippen molar-refractivity contribution in [3.8, 4) is 5.75 Å². The fourth-order valence-corrected chi connectivity index (χ4v) is 4.45. The topological polar surface area (TPSA) is 35.5 Å². The van der Waals surface area contributed by atoms with E-state index in [4.69, 9.17) is 39.1 Å². The largest absolute Gasteiger partial charge is 0.440 e. The summed E-state index contributed by atoms with van der Waals surface area (Å²) in [5, 5.41) is 0.380. The average Bonchev–Trinajstić information content (AvgIpc) is 2.38. The second-order valence-electron chi connectivity index (χ2n) is 3.14. The SMILES string of the molecule is [2H]C([2H])([2H])C([2H])([2H])OP(=O)(Oc1ccc(Cl)cc1Cl)SCCC. The fourth-order valence-electron chi connectivity index (χ4n) is 1.00. The highest BCUT2D eigenvalue weighted by molar-refractivity contribution is 8.55. The second kappa shape index (κ2) is 7.66. The van der Waals surface area contributed by atoms with Crippen molar-refractivity contribution in [1.82, 2.24) is 0 Å². The lowest BCUT2D eigenvalue weighted by atomic mass is 10.3. The first-order chi connectivity index (χ1) is 10.4. The van der Waals surface area contributed by atoms with Gasteiger partial charge >= 0.3 is 6.80 Å². The lowest BCUT2D eigenvalue weighted by Crippen LogP contribution is -1.96. The minimum atomic E-state index is -4.16. The molecule has 0 saturated carbocycles. The van der Waals surface area contributed by atoms with Crippen LogP contribution in [-0.4, -0.2) is 12.3 Å². The van der Waals surface area contributed by atoms with Gasteiger partial charge in [0.25, 0.3) is 0 Å². The van der Waals surface area contributed by atoms with E-state index in [9.17, 15) is 4.57 Å². The van der Waals surface area contributed by atoms with Crippen molar-refractivity contribution in [1.29, 1.82) is 0 Å². The molecular weight excluding hydrogens is 314 g/mol. The van der Waals surface area contributed by atoms with Crippen LogP contribution >= 0.6 is 41.4 Å². The van der Waals surface area contributed by atoms with Crippen LogP contribution in [0, 0.1) is 0 Å². The van der Waals surface area contributed by atoms with Gasteiger partial charge in [-0.3, -0.25) is 4.52 Å². The molecule has 0 spiro atoms. The highest BCUT2D eigenvalue weighted by Crippen LogP contribution is 2.60. The van der Waals surface area contributed by atoms with Gasteiger partial charge in [-0.2, -0.15) is 0 Å². The Labute approximate surface area is 128 Å². The van der Waals surface area contributed by atoms with E-state index < -0.39 is 20.2 Å². The summed E-state index contributed by atoms with van der Waals surface area (Å²) in [5.74, 6) is 0.281. The molecule has 0 N–H and O–H groups in total. The van der Waals surface area contributed by atoms with Gasteiger partial charge in [0.05, 0.1) is 14.3 Å². The number of halogens is 2. The predicted octanol–water partition coefficient (Wildman–Crippen LogP) is 5.66. The lowest BCUT2D eigenvalue weighted by Gasteiger charge is -2.18. The van der Waals surface area contributed by atoms with Crippen molar-refractivity contribution < 1.29 is 20.5 Å². The first kappa shape index (κ1) is 9.95. The normalized spacial score (nSPS) is 19.8. The van der Waals surface area contributed by atoms with Crippen LogP contribution in [0.1, 0.15) is 27.1 Å². The summed E-state index contributed by atoms with van der Waals surface area (Å²) in [6.07, 6.45) is 0.604. The molecule has 0 saturated heterocycles. The maximum Gasteiger partial charge on any atom is 0.440 e. The Kier molecular flexibility index (Phi) is 4.24. The zero-order valence-electron chi connectivity index (χ0n) is 14.5. The molecule has 0 bridgehead atoms. The van der Waals surface area contributed by atoms with Gasteiger partial charge in [0, 0.05) is 14.9 Å². The van der Waals surface area contributed by atoms with E-state index in [-0.39, 0.29) is 10.8 Å². The van der Waals surface area contributed by atoms with E-state index >= 15 is 0 Å². The summed E-state index contributed by atoms with van der Waals surface area (Å²) in [6, 6.07) is 4.14. The van der Waals surface area contributed by atoms with Gasteiger partial charge in [-0.05, 0) is 42.9 Å². The minimum Gasteiger partial charge on any atom is -0.415 e. The molecule has 1 aromatic rings. The van der Waals surface area contributed by atoms with Crippen molar-refractivity contribution in [2.75, 3.05) is 12.3 Å². The van der Waals surface area contributed by atoms with Crippen LogP contribution in [0.3, 0.4) is 0 Å². The van der Waals surface area contributed by atoms with Gasteiger partial charge in [-0.15, -0.1) is 0 Å². The highest BCUT2D eigenvalue weighted by atomic mass is 35.5. The fraction of sp³-hybridized carbons (Fsp3) is 0.455. The van der Waals surface area contributed by atoms with Gasteiger partial charge in [-0.25, -0.2) is 4.57 Å². The molecule has 18 heavy (non-hydrogen) atoms. The molecular formula is C11H15Cl2O3PS. The summed E-state index contributed by atoms with van der Waals surface area (Å²) in [7, 11) is 0. The summed E-state index contributed by atoms with van der Waals surface area (Å²) in [4.78, 5) is 0. The molecule has 7 heteroatoms. The van der Waals surface area contributed by atoms with E-state index in [1.807, 2.05) is 6.92 Å². The molecule has 1 atom stereocenters. The van der Waals surface area contributed by atoms with Crippen LogP contribution in [0.4, 0.5) is 0 Å². The number of hydrogen-bond donors (Lipinski definition) is 0. The molecule has 1 unspecified atom stereocenters. The second-order valence-corrected chi connectivity index (χ2v) is 8.03. The van der Waals surface area contributed by atoms with Gasteiger partial charge in [0.15, 0.2) is 0 Å². The van der Waals surface area contributed by atoms with Gasteiger partial charge in [0.1, 0.15) is 5.75 Å². The van der Waals surface area contributed by atoms with E-state index in [1.165, 1.54) is 18.2 Å². The van der Waals surface area contributed by atoms with Crippen molar-refractivity contribution >= 4 is 41.4 Å². The molecule has 102 valence electrons. The van der Waals surface area contributed by atoms with Crippen molar-refractivity contribution in [3.63, 3.8) is 0 Å². The Morgan fingerprint density at radius 2 is 2.33 bits per heavy atom. The number of rotatable bonds is 7. The summed E-state index contributed by atoms with van der Waals surface area (Å²) >= 11 is 12.4. The third kappa shape index (κ3) is 5.02. The monoisotopic (exact) mass is 333 g/mol. The lowest BCUT2D eigenvalue weighted by molar-refractivity contribution is 0.296. The van der Waals surface area contributed by atoms with Crippen LogP contribution in [0.2, 0.25) is 10.0 Å². The van der Waals surface area contributed by atoms with E-state index in [1.54, 1.807) is 0 Å². The Hall–Kier alpha value is 0.140. The molecule has 0 radical (unpaired) electrons. The Morgan fingerprint density at radius 1 is 1.56 bits per heavy atom. The van der Waals surface area contributed by atoms with Gasteiger partial charge < -0.3 is 4.52 Å². The maximum absolute atomic E-state index is 12.8. The summed E-state index contributed by atoms with van der Waals surface area (Å²) < 4.78 is 59.2. The van der Waals surface area contributed by atoms with E-state index in [0.29, 0.717) is 28.6 Å². The first-order valence-electron chi connectivity index (χ1n) is 7.50. The van der Waals surface area contributed by atoms with Crippen LogP contribution < -0.4 is 4.52 Å². The molecule has 1 aromatic carbocycles.